The van der Waals surface area contributed by atoms with E-state index in [4.69, 9.17) is 30.8 Å². The highest BCUT2D eigenvalue weighted by molar-refractivity contribution is 6.17. The van der Waals surface area contributed by atoms with E-state index in [1.165, 1.54) is 0 Å². The smallest absolute Gasteiger partial charge is 0.343 e. The van der Waals surface area contributed by atoms with Crippen LogP contribution in [0.3, 0.4) is 0 Å². The zero-order valence-corrected chi connectivity index (χ0v) is 18.7. The lowest BCUT2D eigenvalue weighted by Gasteiger charge is -2.31. The summed E-state index contributed by atoms with van der Waals surface area (Å²) in [5.74, 6) is 1.07. The molecule has 0 bridgehead atoms. The zero-order valence-electron chi connectivity index (χ0n) is 17.9. The van der Waals surface area contributed by atoms with Crippen LogP contribution in [-0.2, 0) is 34.7 Å². The van der Waals surface area contributed by atoms with Gasteiger partial charge in [-0.15, -0.1) is 11.6 Å². The van der Waals surface area contributed by atoms with Crippen LogP contribution in [0.25, 0.3) is 22.3 Å². The molecule has 0 saturated carbocycles. The second kappa shape index (κ2) is 7.20. The third kappa shape index (κ3) is 2.77. The van der Waals surface area contributed by atoms with E-state index >= 15 is 0 Å². The van der Waals surface area contributed by atoms with Crippen LogP contribution in [0.2, 0.25) is 0 Å². The average molecular weight is 469 g/mol. The molecule has 1 atom stereocenters. The third-order valence-electron chi connectivity index (χ3n) is 6.86. The molecule has 5 heterocycles. The normalized spacial score (nSPS) is 19.9. The number of cyclic esters (lactones) is 1. The molecule has 0 spiro atoms. The molecule has 170 valence electrons. The fourth-order valence-corrected chi connectivity index (χ4v) is 5.21. The molecule has 2 aromatic heterocycles. The second-order valence-corrected chi connectivity index (χ2v) is 8.91. The summed E-state index contributed by atoms with van der Waals surface area (Å²) in [6.07, 6.45) is 1.58. The van der Waals surface area contributed by atoms with Gasteiger partial charge in [-0.3, -0.25) is 4.79 Å². The number of benzene rings is 1. The molecule has 1 N–H and O–H groups in total. The molecule has 33 heavy (non-hydrogen) atoms. The molecule has 0 unspecified atom stereocenters. The van der Waals surface area contributed by atoms with Crippen LogP contribution in [-0.4, -0.2) is 33.3 Å². The maximum absolute atomic E-state index is 13.4. The van der Waals surface area contributed by atoms with E-state index in [0.29, 0.717) is 52.9 Å². The van der Waals surface area contributed by atoms with E-state index < -0.39 is 11.6 Å². The summed E-state index contributed by atoms with van der Waals surface area (Å²) in [6, 6.07) is 5.51. The molecule has 0 aliphatic carbocycles. The first-order chi connectivity index (χ1) is 16.0. The quantitative estimate of drug-likeness (QED) is 0.363. The molecular weight excluding hydrogens is 448 g/mol. The summed E-state index contributed by atoms with van der Waals surface area (Å²) in [4.78, 5) is 30.7. The number of aryl methyl sites for hydroxylation is 1. The lowest BCUT2D eigenvalue weighted by atomic mass is 9.86. The number of carbonyl (C=O) groups is 1. The Bertz CT molecular complexity index is 1410. The van der Waals surface area contributed by atoms with E-state index in [-0.39, 0.29) is 25.4 Å². The van der Waals surface area contributed by atoms with Gasteiger partial charge in [-0.05, 0) is 37.0 Å². The van der Waals surface area contributed by atoms with Gasteiger partial charge in [0.1, 0.15) is 6.61 Å². The van der Waals surface area contributed by atoms with E-state index in [1.807, 2.05) is 12.1 Å². The fourth-order valence-electron chi connectivity index (χ4n) is 5.08. The molecule has 3 aliphatic heterocycles. The molecule has 6 rings (SSSR count). The number of halogens is 1. The van der Waals surface area contributed by atoms with Crippen LogP contribution in [0.1, 0.15) is 42.0 Å². The number of esters is 1. The number of ether oxygens (including phenoxy) is 3. The molecule has 1 aromatic carbocycles. The van der Waals surface area contributed by atoms with Crippen LogP contribution < -0.4 is 15.0 Å². The topological polar surface area (TPSA) is 99.9 Å². The fraction of sp³-hybridized carbons (Fsp3) is 0.375. The number of rotatable bonds is 4. The Labute approximate surface area is 193 Å². The van der Waals surface area contributed by atoms with Crippen molar-refractivity contribution < 1.29 is 24.1 Å². The Balaban J connectivity index is 1.63. The van der Waals surface area contributed by atoms with Crippen molar-refractivity contribution in [3.8, 4) is 22.9 Å². The van der Waals surface area contributed by atoms with Crippen LogP contribution in [0.4, 0.5) is 0 Å². The monoisotopic (exact) mass is 468 g/mol. The second-order valence-electron chi connectivity index (χ2n) is 8.54. The van der Waals surface area contributed by atoms with E-state index in [0.717, 1.165) is 28.5 Å². The summed E-state index contributed by atoms with van der Waals surface area (Å²) in [6.45, 7) is 2.05. The van der Waals surface area contributed by atoms with Crippen molar-refractivity contribution in [2.24, 2.45) is 0 Å². The van der Waals surface area contributed by atoms with E-state index in [2.05, 4.69) is 0 Å². The number of hydrogen-bond donors (Lipinski definition) is 1. The first kappa shape index (κ1) is 20.5. The van der Waals surface area contributed by atoms with Crippen molar-refractivity contribution in [2.45, 2.75) is 44.9 Å². The number of nitrogens with zero attached hydrogens (tertiary/aromatic N) is 2. The number of carbonyl (C=O) groups excluding carboxylic acids is 1. The van der Waals surface area contributed by atoms with Crippen molar-refractivity contribution in [1.82, 2.24) is 9.55 Å². The zero-order chi connectivity index (χ0) is 22.9. The van der Waals surface area contributed by atoms with Crippen LogP contribution >= 0.6 is 11.6 Å². The van der Waals surface area contributed by atoms with Gasteiger partial charge in [0.25, 0.3) is 5.56 Å². The molecule has 8 nitrogen and oxygen atoms in total. The molecular formula is C24H21ClN2O6. The number of hydrogen-bond acceptors (Lipinski definition) is 7. The summed E-state index contributed by atoms with van der Waals surface area (Å²) in [5, 5.41) is 12.0. The van der Waals surface area contributed by atoms with Crippen LogP contribution in [0.5, 0.6) is 11.5 Å². The standard InChI is InChI=1S/C24H21ClN2O6/c1-2-24(30)16-7-18-21-14(9-27(18)22(28)15(16)10-31-23(24)29)12(4-3-5-25)13-6-19-20(33-11-32-19)8-17(13)26-21/h6-8,30H,2-5,9-11H2,1H3/t24-/m0/s1. The first-order valence-electron chi connectivity index (χ1n) is 10.9. The highest BCUT2D eigenvalue weighted by atomic mass is 35.5. The Hall–Kier alpha value is -3.10. The van der Waals surface area contributed by atoms with Gasteiger partial charge in [0, 0.05) is 28.5 Å². The minimum Gasteiger partial charge on any atom is -0.458 e. The average Bonchev–Trinajstić information content (AvgIpc) is 3.42. The van der Waals surface area contributed by atoms with Crippen molar-refractivity contribution in [1.29, 1.82) is 0 Å². The Morgan fingerprint density at radius 3 is 2.70 bits per heavy atom. The number of pyridine rings is 2. The van der Waals surface area contributed by atoms with Gasteiger partial charge in [0.2, 0.25) is 6.79 Å². The minimum absolute atomic E-state index is 0.101. The summed E-state index contributed by atoms with van der Waals surface area (Å²) < 4.78 is 17.9. The van der Waals surface area contributed by atoms with Crippen LogP contribution in [0, 0.1) is 0 Å². The maximum atomic E-state index is 13.4. The predicted molar refractivity (Wildman–Crippen MR) is 120 cm³/mol. The van der Waals surface area contributed by atoms with Gasteiger partial charge in [0.15, 0.2) is 17.1 Å². The molecule has 0 saturated heterocycles. The third-order valence-corrected chi connectivity index (χ3v) is 7.13. The van der Waals surface area contributed by atoms with E-state index in [1.54, 1.807) is 17.6 Å². The number of alkyl halides is 1. The van der Waals surface area contributed by atoms with Gasteiger partial charge in [0.05, 0.1) is 29.0 Å². The largest absolute Gasteiger partial charge is 0.458 e. The lowest BCUT2D eigenvalue weighted by molar-refractivity contribution is -0.172. The van der Waals surface area contributed by atoms with Gasteiger partial charge in [-0.25, -0.2) is 9.78 Å². The SMILES string of the molecule is CC[C@@]1(O)C(=O)OCc2c1cc1n(c2=O)Cc2c-1nc1cc3c(cc1c2CCCCl)OCO3. The predicted octanol–water partition coefficient (Wildman–Crippen LogP) is 2.98. The van der Waals surface area contributed by atoms with Crippen molar-refractivity contribution in [3.63, 3.8) is 0 Å². The molecule has 0 radical (unpaired) electrons. The molecule has 9 heteroatoms. The van der Waals surface area contributed by atoms with Gasteiger partial charge in [-0.2, -0.15) is 0 Å². The minimum atomic E-state index is -1.85. The molecule has 0 amide bonds. The highest BCUT2D eigenvalue weighted by Crippen LogP contribution is 2.43. The Kier molecular flexibility index (Phi) is 4.47. The summed E-state index contributed by atoms with van der Waals surface area (Å²) in [7, 11) is 0. The van der Waals surface area contributed by atoms with Gasteiger partial charge >= 0.3 is 5.97 Å². The van der Waals surface area contributed by atoms with E-state index in [9.17, 15) is 14.7 Å². The molecule has 0 fully saturated rings. The highest BCUT2D eigenvalue weighted by Gasteiger charge is 2.45. The number of aromatic nitrogens is 2. The van der Waals surface area contributed by atoms with Crippen molar-refractivity contribution in [3.05, 3.63) is 50.8 Å². The Morgan fingerprint density at radius 2 is 1.94 bits per heavy atom. The van der Waals surface area contributed by atoms with Crippen molar-refractivity contribution >= 4 is 28.5 Å². The number of aliphatic hydroxyl groups is 1. The lowest BCUT2D eigenvalue weighted by Crippen LogP contribution is -2.44. The molecule has 3 aromatic rings. The Morgan fingerprint density at radius 1 is 1.15 bits per heavy atom. The first-order valence-corrected chi connectivity index (χ1v) is 11.5. The summed E-state index contributed by atoms with van der Waals surface area (Å²) >= 11 is 6.02. The maximum Gasteiger partial charge on any atom is 0.343 e. The summed E-state index contributed by atoms with van der Waals surface area (Å²) in [5.41, 5.74) is 2.47. The van der Waals surface area contributed by atoms with Gasteiger partial charge in [-0.1, -0.05) is 6.92 Å². The number of fused-ring (bicyclic) bond motifs is 6. The molecule has 3 aliphatic rings. The van der Waals surface area contributed by atoms with Crippen LogP contribution in [0.15, 0.2) is 23.0 Å². The van der Waals surface area contributed by atoms with Crippen molar-refractivity contribution in [2.75, 3.05) is 12.7 Å². The van der Waals surface area contributed by atoms with Gasteiger partial charge < -0.3 is 23.9 Å².